The van der Waals surface area contributed by atoms with E-state index in [1.165, 1.54) is 6.07 Å². The van der Waals surface area contributed by atoms with Crippen LogP contribution in [0, 0.1) is 20.2 Å². The number of nitrogens with zero attached hydrogens (tertiary/aromatic N) is 2. The van der Waals surface area contributed by atoms with Crippen molar-refractivity contribution in [2.75, 3.05) is 0 Å². The molecule has 0 saturated heterocycles. The highest BCUT2D eigenvalue weighted by molar-refractivity contribution is 6.59. The lowest BCUT2D eigenvalue weighted by Gasteiger charge is -2.27. The van der Waals surface area contributed by atoms with Crippen LogP contribution in [0.15, 0.2) is 12.1 Å². The highest BCUT2D eigenvalue weighted by atomic mass is 35.5. The van der Waals surface area contributed by atoms with Crippen molar-refractivity contribution in [3.63, 3.8) is 0 Å². The van der Waals surface area contributed by atoms with Crippen LogP contribution < -0.4 is 0 Å². The Balaban J connectivity index is 2.62. The number of rotatable bonds is 6. The fourth-order valence-corrected chi connectivity index (χ4v) is 3.64. The summed E-state index contributed by atoms with van der Waals surface area (Å²) >= 11 is 23.9. The van der Waals surface area contributed by atoms with Crippen molar-refractivity contribution in [3.8, 4) is 0 Å². The van der Waals surface area contributed by atoms with Crippen molar-refractivity contribution in [2.45, 2.75) is 53.6 Å². The highest BCUT2D eigenvalue weighted by Gasteiger charge is 2.38. The number of nitro benzene ring substituents is 2. The van der Waals surface area contributed by atoms with E-state index in [2.05, 4.69) is 0 Å². The second-order valence-corrected chi connectivity index (χ2v) is 8.76. The van der Waals surface area contributed by atoms with Gasteiger partial charge in [0.1, 0.15) is 4.84 Å². The molecule has 1 saturated carbocycles. The predicted octanol–water partition coefficient (Wildman–Crippen LogP) is 6.07. The van der Waals surface area contributed by atoms with Gasteiger partial charge in [0.25, 0.3) is 11.4 Å². The maximum atomic E-state index is 11.5. The normalized spacial score (nSPS) is 16.2. The van der Waals surface area contributed by atoms with Gasteiger partial charge >= 0.3 is 0 Å². The average Bonchev–Trinajstić information content (AvgIpc) is 2.54. The van der Waals surface area contributed by atoms with Crippen LogP contribution in [0.4, 0.5) is 11.4 Å². The molecule has 0 spiro atoms. The number of halogens is 4. The fraction of sp³-hybridized carbons (Fsp3) is 0.600. The molecular formula is C15H16Cl4N2O4. The van der Waals surface area contributed by atoms with Crippen molar-refractivity contribution in [1.82, 2.24) is 0 Å². The summed E-state index contributed by atoms with van der Waals surface area (Å²) in [7, 11) is 0. The Bertz CT molecular complexity index is 676. The second-order valence-electron chi connectivity index (χ2n) is 6.12. The van der Waals surface area contributed by atoms with Crippen LogP contribution >= 0.6 is 46.4 Å². The molecule has 1 fully saturated rings. The van der Waals surface area contributed by atoms with Gasteiger partial charge in [0.05, 0.1) is 15.9 Å². The summed E-state index contributed by atoms with van der Waals surface area (Å²) in [6, 6.07) is 2.32. The molecule has 1 aromatic carbocycles. The van der Waals surface area contributed by atoms with E-state index in [4.69, 9.17) is 46.4 Å². The molecule has 0 bridgehead atoms. The first-order valence-corrected chi connectivity index (χ1v) is 9.38. The molecule has 0 aromatic heterocycles. The van der Waals surface area contributed by atoms with Gasteiger partial charge in [0.2, 0.25) is 0 Å². The van der Waals surface area contributed by atoms with Crippen molar-refractivity contribution < 1.29 is 9.85 Å². The van der Waals surface area contributed by atoms with Gasteiger partial charge in [-0.05, 0) is 24.3 Å². The average molecular weight is 430 g/mol. The number of benzene rings is 1. The molecule has 0 amide bonds. The zero-order valence-corrected chi connectivity index (χ0v) is 16.1. The minimum Gasteiger partial charge on any atom is -0.258 e. The van der Waals surface area contributed by atoms with E-state index in [9.17, 15) is 20.2 Å². The molecule has 0 unspecified atom stereocenters. The summed E-state index contributed by atoms with van der Waals surface area (Å²) < 4.78 is -1.65. The van der Waals surface area contributed by atoms with E-state index in [0.717, 1.165) is 38.2 Å². The number of non-ortho nitro benzene ring substituents is 1. The van der Waals surface area contributed by atoms with E-state index < -0.39 is 19.0 Å². The van der Waals surface area contributed by atoms with Gasteiger partial charge in [0.15, 0.2) is 4.33 Å². The largest absolute Gasteiger partial charge is 0.279 e. The molecule has 0 N–H and O–H groups in total. The molecule has 1 aliphatic carbocycles. The quantitative estimate of drug-likeness (QED) is 0.311. The third-order valence-corrected chi connectivity index (χ3v) is 6.33. The van der Waals surface area contributed by atoms with Gasteiger partial charge < -0.3 is 0 Å². The van der Waals surface area contributed by atoms with Crippen molar-refractivity contribution in [2.24, 2.45) is 0 Å². The molecular weight excluding hydrogens is 414 g/mol. The van der Waals surface area contributed by atoms with Crippen LogP contribution in [0.2, 0.25) is 0 Å². The van der Waals surface area contributed by atoms with Crippen molar-refractivity contribution in [3.05, 3.63) is 43.5 Å². The van der Waals surface area contributed by atoms with Crippen LogP contribution in [0.1, 0.15) is 49.1 Å². The summed E-state index contributed by atoms with van der Waals surface area (Å²) in [5.41, 5.74) is 0.104. The first-order valence-electron chi connectivity index (χ1n) is 7.75. The van der Waals surface area contributed by atoms with E-state index in [-0.39, 0.29) is 29.3 Å². The van der Waals surface area contributed by atoms with Crippen LogP contribution in [-0.4, -0.2) is 19.0 Å². The minimum absolute atomic E-state index is 0.0180. The van der Waals surface area contributed by atoms with E-state index in [1.807, 2.05) is 0 Å². The van der Waals surface area contributed by atoms with Crippen molar-refractivity contribution in [1.29, 1.82) is 0 Å². The summed E-state index contributed by atoms with van der Waals surface area (Å²) in [5, 5.41) is 22.7. The number of hydrogen-bond donors (Lipinski definition) is 0. The molecule has 0 radical (unpaired) electrons. The molecule has 25 heavy (non-hydrogen) atoms. The predicted molar refractivity (Wildman–Crippen MR) is 99.2 cm³/mol. The van der Waals surface area contributed by atoms with Crippen LogP contribution in [0.25, 0.3) is 0 Å². The summed E-state index contributed by atoms with van der Waals surface area (Å²) in [6.07, 6.45) is 4.42. The number of alkyl halides is 4. The topological polar surface area (TPSA) is 86.3 Å². The first kappa shape index (κ1) is 20.5. The number of nitro groups is 2. The van der Waals surface area contributed by atoms with E-state index in [1.54, 1.807) is 0 Å². The smallest absolute Gasteiger partial charge is 0.258 e. The summed E-state index contributed by atoms with van der Waals surface area (Å²) in [4.78, 5) is 20.3. The standard InChI is InChI=1S/C15H16Cl4N2O4/c16-14(17)15(18,19)8-12-11(9-4-2-1-3-5-9)6-10(20(22)23)7-13(12)21(24)25/h6-7,9,14H,1-5,8H2. The molecule has 0 aliphatic heterocycles. The monoisotopic (exact) mass is 428 g/mol. The Hall–Kier alpha value is -0.820. The van der Waals surface area contributed by atoms with Gasteiger partial charge in [-0.25, -0.2) is 0 Å². The Kier molecular flexibility index (Phi) is 6.76. The van der Waals surface area contributed by atoms with Gasteiger partial charge in [-0.2, -0.15) is 0 Å². The molecule has 1 aromatic rings. The van der Waals surface area contributed by atoms with E-state index >= 15 is 0 Å². The van der Waals surface area contributed by atoms with Gasteiger partial charge in [0, 0.05) is 18.1 Å². The summed E-state index contributed by atoms with van der Waals surface area (Å²) in [5.74, 6) is -0.0180. The highest BCUT2D eigenvalue weighted by Crippen LogP contribution is 2.44. The summed E-state index contributed by atoms with van der Waals surface area (Å²) in [6.45, 7) is 0. The number of hydrogen-bond acceptors (Lipinski definition) is 4. The Morgan fingerprint density at radius 1 is 1.08 bits per heavy atom. The van der Waals surface area contributed by atoms with Crippen molar-refractivity contribution >= 4 is 57.8 Å². The lowest BCUT2D eigenvalue weighted by Crippen LogP contribution is -2.26. The Morgan fingerprint density at radius 3 is 2.16 bits per heavy atom. The molecule has 0 heterocycles. The van der Waals surface area contributed by atoms with Crippen LogP contribution in [0.3, 0.4) is 0 Å². The molecule has 6 nitrogen and oxygen atoms in total. The van der Waals surface area contributed by atoms with Crippen LogP contribution in [-0.2, 0) is 6.42 Å². The lowest BCUT2D eigenvalue weighted by molar-refractivity contribution is -0.394. The second kappa shape index (κ2) is 8.25. The molecule has 2 rings (SSSR count). The van der Waals surface area contributed by atoms with Gasteiger partial charge in [-0.3, -0.25) is 20.2 Å². The Morgan fingerprint density at radius 2 is 1.68 bits per heavy atom. The Labute approximate surface area is 164 Å². The first-order chi connectivity index (χ1) is 11.6. The minimum atomic E-state index is -1.65. The van der Waals surface area contributed by atoms with Gasteiger partial charge in [-0.1, -0.05) is 42.5 Å². The lowest BCUT2D eigenvalue weighted by atomic mass is 9.80. The molecule has 10 heteroatoms. The van der Waals surface area contributed by atoms with Gasteiger partial charge in [-0.15, -0.1) is 23.2 Å². The zero-order valence-electron chi connectivity index (χ0n) is 13.1. The fourth-order valence-electron chi connectivity index (χ4n) is 3.21. The maximum Gasteiger partial charge on any atom is 0.279 e. The van der Waals surface area contributed by atoms with E-state index in [0.29, 0.717) is 5.56 Å². The molecule has 138 valence electrons. The van der Waals surface area contributed by atoms with Crippen LogP contribution in [0.5, 0.6) is 0 Å². The zero-order chi connectivity index (χ0) is 18.8. The SMILES string of the molecule is O=[N+]([O-])c1cc(C2CCCCC2)c(CC(Cl)(Cl)C(Cl)Cl)c([N+](=O)[O-])c1. The molecule has 0 atom stereocenters. The molecule has 1 aliphatic rings. The maximum absolute atomic E-state index is 11.5. The third-order valence-electron chi connectivity index (χ3n) is 4.43. The third kappa shape index (κ3) is 4.88.